The number of aromatic nitrogens is 3. The lowest BCUT2D eigenvalue weighted by atomic mass is 10.2. The number of nitrogens with zero attached hydrogens (tertiary/aromatic N) is 3. The lowest BCUT2D eigenvalue weighted by Crippen LogP contribution is -2.24. The largest absolute Gasteiger partial charge is 0.350 e. The van der Waals surface area contributed by atoms with E-state index in [1.54, 1.807) is 18.2 Å². The van der Waals surface area contributed by atoms with Gasteiger partial charge < -0.3 is 5.32 Å². The van der Waals surface area contributed by atoms with Crippen molar-refractivity contribution >= 4 is 23.2 Å². The number of hydrogen-bond acceptors (Lipinski definition) is 3. The van der Waals surface area contributed by atoms with Crippen molar-refractivity contribution in [3.05, 3.63) is 80.4 Å². The van der Waals surface area contributed by atoms with E-state index < -0.39 is 0 Å². The van der Waals surface area contributed by atoms with Gasteiger partial charge >= 0.3 is 5.69 Å². The van der Waals surface area contributed by atoms with Crippen molar-refractivity contribution in [1.82, 2.24) is 19.7 Å². The summed E-state index contributed by atoms with van der Waals surface area (Å²) in [4.78, 5) is 12.5. The molecule has 3 aromatic rings. The van der Waals surface area contributed by atoms with Crippen LogP contribution in [0.3, 0.4) is 0 Å². The molecule has 0 bridgehead atoms. The molecule has 1 aromatic heterocycles. The fourth-order valence-electron chi connectivity index (χ4n) is 2.41. The molecule has 0 saturated carbocycles. The summed E-state index contributed by atoms with van der Waals surface area (Å²) in [5.41, 5.74) is 2.49. The molecule has 24 heavy (non-hydrogen) atoms. The topological polar surface area (TPSA) is 51.9 Å². The van der Waals surface area contributed by atoms with Gasteiger partial charge in [0.25, 0.3) is 0 Å². The second-order valence-corrected chi connectivity index (χ2v) is 6.22. The van der Waals surface area contributed by atoms with E-state index >= 15 is 0 Å². The molecule has 0 aliphatic carbocycles. The number of nitrogens with one attached hydrogen (secondary N) is 1. The second-order valence-electron chi connectivity index (χ2n) is 5.37. The van der Waals surface area contributed by atoms with Crippen LogP contribution in [0.2, 0.25) is 10.0 Å². The summed E-state index contributed by atoms with van der Waals surface area (Å²) < 4.78 is 2.88. The van der Waals surface area contributed by atoms with E-state index in [0.29, 0.717) is 16.6 Å². The van der Waals surface area contributed by atoms with Crippen molar-refractivity contribution in [2.75, 3.05) is 7.05 Å². The standard InChI is InChI=1S/C17H16Cl2N4O/c1-20-9-12-2-6-15(7-3-12)22-11-21-23(17(22)24)10-13-4-5-14(18)8-16(13)19/h2-8,11,20H,9-10H2,1H3. The SMILES string of the molecule is CNCc1ccc(-n2cnn(Cc3ccc(Cl)cc3Cl)c2=O)cc1. The quantitative estimate of drug-likeness (QED) is 0.758. The maximum atomic E-state index is 12.5. The molecule has 0 radical (unpaired) electrons. The molecule has 0 unspecified atom stereocenters. The minimum atomic E-state index is -0.220. The average Bonchev–Trinajstić information content (AvgIpc) is 2.92. The molecule has 1 N–H and O–H groups in total. The Labute approximate surface area is 149 Å². The summed E-state index contributed by atoms with van der Waals surface area (Å²) in [5.74, 6) is 0. The highest BCUT2D eigenvalue weighted by Crippen LogP contribution is 2.21. The van der Waals surface area contributed by atoms with E-state index in [9.17, 15) is 4.79 Å². The van der Waals surface area contributed by atoms with Crippen LogP contribution in [0.5, 0.6) is 0 Å². The van der Waals surface area contributed by atoms with Gasteiger partial charge in [0.05, 0.1) is 12.2 Å². The Morgan fingerprint density at radius 2 is 1.88 bits per heavy atom. The van der Waals surface area contributed by atoms with Crippen molar-refractivity contribution in [2.24, 2.45) is 0 Å². The van der Waals surface area contributed by atoms with Crippen LogP contribution in [0.25, 0.3) is 5.69 Å². The third-order valence-corrected chi connectivity index (χ3v) is 4.25. The van der Waals surface area contributed by atoms with E-state index in [4.69, 9.17) is 23.2 Å². The van der Waals surface area contributed by atoms with Gasteiger partial charge in [-0.3, -0.25) is 0 Å². The van der Waals surface area contributed by atoms with Gasteiger partial charge in [0, 0.05) is 16.6 Å². The zero-order chi connectivity index (χ0) is 17.1. The molecule has 2 aromatic carbocycles. The first kappa shape index (κ1) is 16.8. The van der Waals surface area contributed by atoms with E-state index in [1.165, 1.54) is 15.6 Å². The normalized spacial score (nSPS) is 11.0. The Hall–Kier alpha value is -2.08. The van der Waals surface area contributed by atoms with Crippen molar-refractivity contribution < 1.29 is 0 Å². The predicted molar refractivity (Wildman–Crippen MR) is 96.2 cm³/mol. The summed E-state index contributed by atoms with van der Waals surface area (Å²) >= 11 is 12.1. The summed E-state index contributed by atoms with van der Waals surface area (Å²) in [6.45, 7) is 1.07. The Morgan fingerprint density at radius 3 is 2.54 bits per heavy atom. The maximum Gasteiger partial charge on any atom is 0.350 e. The summed E-state index contributed by atoms with van der Waals surface area (Å²) in [6.07, 6.45) is 1.51. The minimum absolute atomic E-state index is 0.220. The summed E-state index contributed by atoms with van der Waals surface area (Å²) in [5, 5.41) is 8.33. The van der Waals surface area contributed by atoms with Crippen LogP contribution in [-0.2, 0) is 13.1 Å². The van der Waals surface area contributed by atoms with Crippen LogP contribution in [0.15, 0.2) is 53.6 Å². The fourth-order valence-corrected chi connectivity index (χ4v) is 2.88. The molecule has 0 aliphatic rings. The van der Waals surface area contributed by atoms with Crippen LogP contribution in [0.4, 0.5) is 0 Å². The minimum Gasteiger partial charge on any atom is -0.316 e. The van der Waals surface area contributed by atoms with Crippen LogP contribution >= 0.6 is 23.2 Å². The highest BCUT2D eigenvalue weighted by molar-refractivity contribution is 6.35. The van der Waals surface area contributed by atoms with Gasteiger partial charge in [-0.1, -0.05) is 41.4 Å². The van der Waals surface area contributed by atoms with Crippen LogP contribution in [-0.4, -0.2) is 21.4 Å². The van der Waals surface area contributed by atoms with Gasteiger partial charge in [-0.25, -0.2) is 14.0 Å². The number of rotatable bonds is 5. The first-order valence-corrected chi connectivity index (χ1v) is 8.16. The average molecular weight is 363 g/mol. The molecule has 124 valence electrons. The van der Waals surface area contributed by atoms with Crippen molar-refractivity contribution in [2.45, 2.75) is 13.1 Å². The van der Waals surface area contributed by atoms with Gasteiger partial charge in [0.15, 0.2) is 0 Å². The zero-order valence-electron chi connectivity index (χ0n) is 13.0. The number of halogens is 2. The van der Waals surface area contributed by atoms with E-state index in [1.807, 2.05) is 31.3 Å². The highest BCUT2D eigenvalue weighted by atomic mass is 35.5. The van der Waals surface area contributed by atoms with Crippen LogP contribution in [0, 0.1) is 0 Å². The Balaban J connectivity index is 1.87. The van der Waals surface area contributed by atoms with E-state index in [0.717, 1.165) is 23.4 Å². The van der Waals surface area contributed by atoms with Gasteiger partial charge in [-0.15, -0.1) is 0 Å². The Kier molecular flexibility index (Phi) is 5.04. The van der Waals surface area contributed by atoms with Gasteiger partial charge in [-0.05, 0) is 42.4 Å². The Bertz CT molecular complexity index is 900. The molecule has 3 rings (SSSR count). The molecule has 0 saturated heterocycles. The van der Waals surface area contributed by atoms with E-state index in [-0.39, 0.29) is 5.69 Å². The third kappa shape index (κ3) is 3.53. The Morgan fingerprint density at radius 1 is 1.12 bits per heavy atom. The molecule has 5 nitrogen and oxygen atoms in total. The van der Waals surface area contributed by atoms with Crippen LogP contribution < -0.4 is 11.0 Å². The molecular weight excluding hydrogens is 347 g/mol. The van der Waals surface area contributed by atoms with E-state index in [2.05, 4.69) is 10.4 Å². The lowest BCUT2D eigenvalue weighted by Gasteiger charge is -2.05. The molecular formula is C17H16Cl2N4O. The third-order valence-electron chi connectivity index (χ3n) is 3.66. The summed E-state index contributed by atoms with van der Waals surface area (Å²) in [7, 11) is 1.89. The van der Waals surface area contributed by atoms with Crippen molar-refractivity contribution in [3.8, 4) is 5.69 Å². The summed E-state index contributed by atoms with van der Waals surface area (Å²) in [6, 6.07) is 12.9. The molecule has 0 aliphatic heterocycles. The lowest BCUT2D eigenvalue weighted by molar-refractivity contribution is 0.653. The van der Waals surface area contributed by atoms with Gasteiger partial charge in [0.2, 0.25) is 0 Å². The molecule has 0 amide bonds. The molecule has 0 fully saturated rings. The maximum absolute atomic E-state index is 12.5. The van der Waals surface area contributed by atoms with Gasteiger partial charge in [-0.2, -0.15) is 5.10 Å². The number of benzene rings is 2. The fraction of sp³-hybridized carbons (Fsp3) is 0.176. The van der Waals surface area contributed by atoms with Crippen molar-refractivity contribution in [1.29, 1.82) is 0 Å². The van der Waals surface area contributed by atoms with Crippen molar-refractivity contribution in [3.63, 3.8) is 0 Å². The smallest absolute Gasteiger partial charge is 0.316 e. The second kappa shape index (κ2) is 7.21. The van der Waals surface area contributed by atoms with Gasteiger partial charge in [0.1, 0.15) is 6.33 Å². The molecule has 1 heterocycles. The molecule has 7 heteroatoms. The predicted octanol–water partition coefficient (Wildman–Crippen LogP) is 3.11. The molecule has 0 spiro atoms. The zero-order valence-corrected chi connectivity index (χ0v) is 14.6. The van der Waals surface area contributed by atoms with Crippen LogP contribution in [0.1, 0.15) is 11.1 Å². The highest BCUT2D eigenvalue weighted by Gasteiger charge is 2.09. The first-order valence-electron chi connectivity index (χ1n) is 7.41. The monoisotopic (exact) mass is 362 g/mol. The number of hydrogen-bond donors (Lipinski definition) is 1. The first-order chi connectivity index (χ1) is 11.6. The molecule has 0 atom stereocenters.